The molecule has 1 aliphatic rings. The van der Waals surface area contributed by atoms with Crippen LogP contribution < -0.4 is 26.2 Å². The van der Waals surface area contributed by atoms with Crippen molar-refractivity contribution in [3.8, 4) is 23.0 Å². The molecule has 8 rings (SSSR count). The van der Waals surface area contributed by atoms with Crippen LogP contribution in [0.5, 0.6) is 11.8 Å². The van der Waals surface area contributed by atoms with E-state index >= 15 is 0 Å². The number of methoxy groups -OCH3 is 3. The van der Waals surface area contributed by atoms with Crippen LogP contribution in [0.15, 0.2) is 71.6 Å². The Morgan fingerprint density at radius 3 is 1.57 bits per heavy atom. The summed E-state index contributed by atoms with van der Waals surface area (Å²) in [5.74, 6) is 3.30. The molecule has 0 amide bonds. The number of hydrogen-bond acceptors (Lipinski definition) is 19. The zero-order chi connectivity index (χ0) is 59.3. The van der Waals surface area contributed by atoms with Gasteiger partial charge in [0.15, 0.2) is 45.8 Å². The number of ether oxygens (including phenoxy) is 5. The van der Waals surface area contributed by atoms with Gasteiger partial charge in [-0.25, -0.2) is 29.6 Å². The number of pyridine rings is 3. The lowest BCUT2D eigenvalue weighted by molar-refractivity contribution is -0.236. The number of hydrogen-bond donors (Lipinski definition) is 2. The van der Waals surface area contributed by atoms with Crippen LogP contribution in [0.25, 0.3) is 22.6 Å². The number of nitrogen functional groups attached to an aromatic ring is 1. The molecule has 8 heterocycles. The summed E-state index contributed by atoms with van der Waals surface area (Å²) in [6, 6.07) is 12.3. The zero-order valence-corrected chi connectivity index (χ0v) is 47.1. The molecule has 0 spiro atoms. The van der Waals surface area contributed by atoms with E-state index in [1.165, 1.54) is 31.1 Å². The summed E-state index contributed by atoms with van der Waals surface area (Å²) >= 11 is 13.8. The number of nitrogens with zero attached hydrogens (tertiary/aromatic N) is 11. The molecule has 7 aromatic heterocycles. The molecule has 3 N–H and O–H groups in total. The first-order valence-electron chi connectivity index (χ1n) is 22.7. The molecule has 0 radical (unpaired) electrons. The lowest BCUT2D eigenvalue weighted by atomic mass is 9.80. The number of fused-ring (bicyclic) bond motifs is 2. The van der Waals surface area contributed by atoms with E-state index in [2.05, 4.69) is 71.6 Å². The van der Waals surface area contributed by atoms with E-state index in [1.54, 1.807) is 48.2 Å². The number of rotatable bonds is 13. The van der Waals surface area contributed by atoms with Gasteiger partial charge in [-0.3, -0.25) is 4.79 Å². The van der Waals surface area contributed by atoms with E-state index in [-0.39, 0.29) is 46.5 Å². The summed E-state index contributed by atoms with van der Waals surface area (Å²) in [5.41, 5.74) is -2.00. The van der Waals surface area contributed by atoms with Crippen LogP contribution in [0.3, 0.4) is 0 Å². The minimum Gasteiger partial charge on any atom is -0.460 e. The third-order valence-corrected chi connectivity index (χ3v) is 11.6. The van der Waals surface area contributed by atoms with E-state index in [0.29, 0.717) is 46.2 Å². The maximum atomic E-state index is 14.3. The summed E-state index contributed by atoms with van der Waals surface area (Å²) < 4.78 is 145. The minimum absolute atomic E-state index is 0. The summed E-state index contributed by atoms with van der Waals surface area (Å²) in [7, 11) is 3.64. The average Bonchev–Trinajstić information content (AvgIpc) is 4.02. The first-order valence-corrected chi connectivity index (χ1v) is 24.2. The van der Waals surface area contributed by atoms with Crippen molar-refractivity contribution in [2.75, 3.05) is 33.4 Å². The van der Waals surface area contributed by atoms with Crippen molar-refractivity contribution in [3.63, 3.8) is 0 Å². The standard InChI is InChI=1S/C16H15F4N5O2.C15H20BF4NO3.C7H7ClN4O.C5H6BrN3.C3H5ClO2.3CH4/c1-15(2,16(18,19)20)27-14-10(17)6-9(7-21-14)11-4-5-12-22-23-13(8-26-3)25(12)24-11;1-12(2)13(3,4)24-16(23-12)9-7-10(17)11(21-8-9)22-14(5,6)15(18,19)20;1-13-4-7-10-9-6-3-2-5(8)11-12(6)7;6-4-1-2-5(9-7)8-3-4;1-6-2-3(4)5;;;/h4-7H,8H2,1-3H3;7-8H,1-6H3;2-3H,4H2,1H3;1-3H,7H2,(H,8,9);2H2,1H3;3*1H4. The molecule has 1 aliphatic heterocycles. The molecule has 0 bridgehead atoms. The summed E-state index contributed by atoms with van der Waals surface area (Å²) in [6.07, 6.45) is -5.30. The third-order valence-electron chi connectivity index (χ3n) is 10.8. The molecule has 0 saturated carbocycles. The molecule has 454 valence electrons. The van der Waals surface area contributed by atoms with Crippen LogP contribution in [-0.4, -0.2) is 130 Å². The number of halogens is 11. The molecule has 0 aliphatic carbocycles. The van der Waals surface area contributed by atoms with Crippen molar-refractivity contribution in [2.24, 2.45) is 5.84 Å². The fraction of sp³-hybridized carbons (Fsp3) is 0.469. The Balaban J connectivity index is 0.000000554. The highest BCUT2D eigenvalue weighted by Gasteiger charge is 2.53. The van der Waals surface area contributed by atoms with Crippen molar-refractivity contribution in [3.05, 3.63) is 100 Å². The van der Waals surface area contributed by atoms with Crippen LogP contribution in [-0.2, 0) is 41.5 Å². The molecular weight excluding hydrogens is 1210 g/mol. The first kappa shape index (κ1) is 74.0. The van der Waals surface area contributed by atoms with Crippen molar-refractivity contribution in [1.29, 1.82) is 0 Å². The number of carbonyl (C=O) groups is 1. The van der Waals surface area contributed by atoms with Gasteiger partial charge in [-0.05, 0) is 131 Å². The Morgan fingerprint density at radius 1 is 0.695 bits per heavy atom. The van der Waals surface area contributed by atoms with Gasteiger partial charge in [-0.2, -0.15) is 45.6 Å². The largest absolute Gasteiger partial charge is 0.496 e. The SMILES string of the molecule is C.C.C.CC(C)(Oc1ncc(B2OC(C)(C)C(C)(C)O2)cc1F)C(F)(F)F.COCC(=O)Cl.COCc1nnc2ccc(-c3cnc(OC(C)(C)C(F)(F)F)c(F)c3)nn12.COCc1nnc2ccc(Cl)nn12.NNc1ccc(Br)cn1. The fourth-order valence-corrected chi connectivity index (χ4v) is 6.16. The van der Waals surface area contributed by atoms with Crippen LogP contribution in [0.4, 0.5) is 40.9 Å². The smallest absolute Gasteiger partial charge is 0.460 e. The number of anilines is 1. The normalized spacial score (nSPS) is 13.4. The number of carbonyl (C=O) groups excluding carboxylic acids is 1. The molecule has 1 saturated heterocycles. The summed E-state index contributed by atoms with van der Waals surface area (Å²) in [5, 5.41) is 23.9. The fourth-order valence-electron chi connectivity index (χ4n) is 5.67. The number of hydrazine groups is 1. The van der Waals surface area contributed by atoms with E-state index in [4.69, 9.17) is 57.3 Å². The Kier molecular flexibility index (Phi) is 28.0. The Bertz CT molecular complexity index is 3110. The van der Waals surface area contributed by atoms with Gasteiger partial charge in [0.1, 0.15) is 30.8 Å². The second kappa shape index (κ2) is 31.0. The first-order chi connectivity index (χ1) is 36.7. The van der Waals surface area contributed by atoms with E-state index in [0.717, 1.165) is 44.3 Å². The zero-order valence-electron chi connectivity index (χ0n) is 44.0. The van der Waals surface area contributed by atoms with Crippen molar-refractivity contribution in [1.82, 2.24) is 54.6 Å². The topological polar surface area (TPSA) is 245 Å². The van der Waals surface area contributed by atoms with Gasteiger partial charge in [0.05, 0.1) is 16.9 Å². The molecule has 0 unspecified atom stereocenters. The van der Waals surface area contributed by atoms with Gasteiger partial charge in [0.2, 0.25) is 5.24 Å². The van der Waals surface area contributed by atoms with Gasteiger partial charge in [0, 0.05) is 55.4 Å². The third kappa shape index (κ3) is 20.1. The highest BCUT2D eigenvalue weighted by molar-refractivity contribution is 9.10. The molecular formula is C49H65BBrCl2F8N13O8. The molecule has 0 aromatic carbocycles. The van der Waals surface area contributed by atoms with E-state index < -0.39 is 70.5 Å². The summed E-state index contributed by atoms with van der Waals surface area (Å²) in [4.78, 5) is 20.9. The highest BCUT2D eigenvalue weighted by atomic mass is 79.9. The maximum Gasteiger partial charge on any atom is 0.496 e. The highest BCUT2D eigenvalue weighted by Crippen LogP contribution is 2.38. The van der Waals surface area contributed by atoms with E-state index in [9.17, 15) is 39.9 Å². The second-order valence-corrected chi connectivity index (χ2v) is 19.9. The van der Waals surface area contributed by atoms with Crippen molar-refractivity contribution in [2.45, 2.75) is 126 Å². The number of nitrogens with two attached hydrogens (primary N) is 1. The van der Waals surface area contributed by atoms with Gasteiger partial charge >= 0.3 is 19.5 Å². The minimum atomic E-state index is -4.68. The molecule has 7 aromatic rings. The predicted octanol–water partition coefficient (Wildman–Crippen LogP) is 10.8. The molecule has 82 heavy (non-hydrogen) atoms. The van der Waals surface area contributed by atoms with Gasteiger partial charge in [-0.15, -0.1) is 20.4 Å². The van der Waals surface area contributed by atoms with Crippen LogP contribution in [0.2, 0.25) is 5.15 Å². The molecule has 0 atom stereocenters. The van der Waals surface area contributed by atoms with Crippen LogP contribution >= 0.6 is 39.1 Å². The quantitative estimate of drug-likeness (QED) is 0.0358. The monoisotopic (exact) mass is 1280 g/mol. The van der Waals surface area contributed by atoms with E-state index in [1.807, 2.05) is 33.8 Å². The van der Waals surface area contributed by atoms with Crippen LogP contribution in [0.1, 0.15) is 89.3 Å². The van der Waals surface area contributed by atoms with Gasteiger partial charge in [-0.1, -0.05) is 33.9 Å². The second-order valence-electron chi connectivity index (χ2n) is 18.2. The summed E-state index contributed by atoms with van der Waals surface area (Å²) in [6.45, 7) is 11.1. The lowest BCUT2D eigenvalue weighted by Crippen LogP contribution is -2.45. The molecule has 1 fully saturated rings. The maximum absolute atomic E-state index is 14.3. The van der Waals surface area contributed by atoms with Gasteiger partial charge in [0.25, 0.3) is 11.8 Å². The van der Waals surface area contributed by atoms with Gasteiger partial charge < -0.3 is 38.4 Å². The number of alkyl halides is 6. The molecule has 33 heteroatoms. The predicted molar refractivity (Wildman–Crippen MR) is 295 cm³/mol. The van der Waals surface area contributed by atoms with Crippen LogP contribution in [0, 0.1) is 11.6 Å². The van der Waals surface area contributed by atoms with Crippen molar-refractivity contribution < 1.29 is 72.9 Å². The number of aromatic nitrogens is 11. The number of nitrogens with one attached hydrogen (secondary N) is 1. The average molecular weight is 1280 g/mol. The van der Waals surface area contributed by atoms with Crippen molar-refractivity contribution >= 4 is 74.1 Å². The Labute approximate surface area is 487 Å². The molecule has 21 nitrogen and oxygen atoms in total. The Hall–Kier alpha value is -6.06. The Morgan fingerprint density at radius 2 is 1.17 bits per heavy atom. The lowest BCUT2D eigenvalue weighted by Gasteiger charge is -2.32.